The summed E-state index contributed by atoms with van der Waals surface area (Å²) in [6.07, 6.45) is 12.4. The third-order valence-electron chi connectivity index (χ3n) is 1.92. The molecular formula is C10H8N4. The number of hydrogen-bond acceptors (Lipinski definition) is 3. The van der Waals surface area contributed by atoms with Gasteiger partial charge >= 0.3 is 0 Å². The molecule has 4 heteroatoms. The van der Waals surface area contributed by atoms with Crippen LogP contribution in [0.1, 0.15) is 0 Å². The molecule has 0 saturated carbocycles. The van der Waals surface area contributed by atoms with E-state index in [-0.39, 0.29) is 5.92 Å². The van der Waals surface area contributed by atoms with Crippen molar-refractivity contribution in [2.45, 2.75) is 0 Å². The Balaban J connectivity index is 2.30. The second-order valence-electron chi connectivity index (χ2n) is 2.86. The van der Waals surface area contributed by atoms with Gasteiger partial charge in [0.1, 0.15) is 12.7 Å². The van der Waals surface area contributed by atoms with Crippen molar-refractivity contribution in [1.29, 1.82) is 5.26 Å². The van der Waals surface area contributed by atoms with Gasteiger partial charge in [-0.25, -0.2) is 9.67 Å². The van der Waals surface area contributed by atoms with Crippen LogP contribution in [0.2, 0.25) is 0 Å². The third kappa shape index (κ3) is 1.62. The van der Waals surface area contributed by atoms with Crippen LogP contribution in [0.4, 0.5) is 0 Å². The molecular weight excluding hydrogens is 176 g/mol. The molecule has 1 aromatic heterocycles. The molecule has 0 fully saturated rings. The van der Waals surface area contributed by atoms with Crippen molar-refractivity contribution in [2.75, 3.05) is 0 Å². The van der Waals surface area contributed by atoms with E-state index in [1.165, 1.54) is 6.33 Å². The Hall–Kier alpha value is -2.15. The maximum Gasteiger partial charge on any atom is 0.138 e. The molecule has 0 amide bonds. The summed E-state index contributed by atoms with van der Waals surface area (Å²) in [7, 11) is 0. The van der Waals surface area contributed by atoms with Gasteiger partial charge in [-0.2, -0.15) is 10.4 Å². The van der Waals surface area contributed by atoms with Crippen LogP contribution in [-0.2, 0) is 0 Å². The molecule has 68 valence electrons. The molecule has 4 nitrogen and oxygen atoms in total. The summed E-state index contributed by atoms with van der Waals surface area (Å²) in [6, 6.07) is 2.20. The molecule has 1 atom stereocenters. The van der Waals surface area contributed by atoms with Crippen molar-refractivity contribution in [1.82, 2.24) is 14.8 Å². The molecule has 1 aromatic rings. The molecule has 14 heavy (non-hydrogen) atoms. The first-order valence-electron chi connectivity index (χ1n) is 4.20. The van der Waals surface area contributed by atoms with Gasteiger partial charge in [0.15, 0.2) is 0 Å². The van der Waals surface area contributed by atoms with E-state index in [1.807, 2.05) is 24.3 Å². The average Bonchev–Trinajstić information content (AvgIpc) is 2.71. The Morgan fingerprint density at radius 1 is 1.50 bits per heavy atom. The second kappa shape index (κ2) is 3.71. The highest BCUT2D eigenvalue weighted by Gasteiger charge is 2.09. The Bertz CT molecular complexity index is 431. The smallest absolute Gasteiger partial charge is 0.138 e. The number of aromatic nitrogens is 3. The summed E-state index contributed by atoms with van der Waals surface area (Å²) in [5.74, 6) is -0.191. The lowest BCUT2D eigenvalue weighted by atomic mass is 9.97. The molecule has 0 saturated heterocycles. The topological polar surface area (TPSA) is 54.5 Å². The first kappa shape index (κ1) is 8.45. The molecule has 0 N–H and O–H groups in total. The Kier molecular flexibility index (Phi) is 2.24. The van der Waals surface area contributed by atoms with Gasteiger partial charge in [0.25, 0.3) is 0 Å². The molecule has 0 aromatic carbocycles. The zero-order valence-corrected chi connectivity index (χ0v) is 7.41. The van der Waals surface area contributed by atoms with Gasteiger partial charge in [0, 0.05) is 6.20 Å². The predicted molar refractivity (Wildman–Crippen MR) is 51.7 cm³/mol. The average molecular weight is 184 g/mol. The number of nitriles is 1. The van der Waals surface area contributed by atoms with Gasteiger partial charge < -0.3 is 0 Å². The van der Waals surface area contributed by atoms with E-state index in [1.54, 1.807) is 17.2 Å². The predicted octanol–water partition coefficient (Wildman–Crippen LogP) is 1.38. The molecule has 1 aliphatic rings. The third-order valence-corrected chi connectivity index (χ3v) is 1.92. The SMILES string of the molecule is N#CC1C=CC=CC1=Cn1cncn1. The minimum atomic E-state index is -0.191. The standard InChI is InChI=1S/C10H8N4/c11-5-9-3-1-2-4-10(9)6-14-8-12-7-13-14/h1-4,6-9H. The van der Waals surface area contributed by atoms with Crippen LogP contribution in [0.5, 0.6) is 0 Å². The summed E-state index contributed by atoms with van der Waals surface area (Å²) >= 11 is 0. The number of nitrogens with zero attached hydrogens (tertiary/aromatic N) is 4. The first-order chi connectivity index (χ1) is 6.90. The van der Waals surface area contributed by atoms with E-state index in [0.29, 0.717) is 0 Å². The quantitative estimate of drug-likeness (QED) is 0.662. The molecule has 1 unspecified atom stereocenters. The van der Waals surface area contributed by atoms with Crippen molar-refractivity contribution in [3.63, 3.8) is 0 Å². The Morgan fingerprint density at radius 3 is 3.14 bits per heavy atom. The minimum Gasteiger partial charge on any atom is -0.228 e. The van der Waals surface area contributed by atoms with Crippen LogP contribution in [0.15, 0.2) is 42.5 Å². The molecule has 0 bridgehead atoms. The Morgan fingerprint density at radius 2 is 2.43 bits per heavy atom. The summed E-state index contributed by atoms with van der Waals surface area (Å²) in [5.41, 5.74) is 0.917. The zero-order valence-electron chi connectivity index (χ0n) is 7.41. The highest BCUT2D eigenvalue weighted by Crippen LogP contribution is 2.18. The van der Waals surface area contributed by atoms with E-state index in [0.717, 1.165) is 5.57 Å². The summed E-state index contributed by atoms with van der Waals surface area (Å²) in [5, 5.41) is 12.8. The van der Waals surface area contributed by atoms with Gasteiger partial charge in [0.2, 0.25) is 0 Å². The maximum absolute atomic E-state index is 8.87. The van der Waals surface area contributed by atoms with E-state index < -0.39 is 0 Å². The first-order valence-corrected chi connectivity index (χ1v) is 4.20. The van der Waals surface area contributed by atoms with E-state index in [4.69, 9.17) is 5.26 Å². The highest BCUT2D eigenvalue weighted by molar-refractivity contribution is 5.47. The summed E-state index contributed by atoms with van der Waals surface area (Å²) in [4.78, 5) is 3.82. The van der Waals surface area contributed by atoms with E-state index >= 15 is 0 Å². The largest absolute Gasteiger partial charge is 0.228 e. The van der Waals surface area contributed by atoms with Crippen molar-refractivity contribution in [3.8, 4) is 6.07 Å². The van der Waals surface area contributed by atoms with Crippen molar-refractivity contribution >= 4 is 6.20 Å². The van der Waals surface area contributed by atoms with Gasteiger partial charge in [-0.05, 0) is 5.57 Å². The lowest BCUT2D eigenvalue weighted by Gasteiger charge is -2.07. The highest BCUT2D eigenvalue weighted by atomic mass is 15.3. The lowest BCUT2D eigenvalue weighted by Crippen LogP contribution is -2.00. The fraction of sp³-hybridized carbons (Fsp3) is 0.100. The van der Waals surface area contributed by atoms with Crippen molar-refractivity contribution in [3.05, 3.63) is 42.5 Å². The van der Waals surface area contributed by atoms with Gasteiger partial charge in [-0.15, -0.1) is 0 Å². The number of allylic oxidation sites excluding steroid dienone is 5. The van der Waals surface area contributed by atoms with Crippen LogP contribution in [0.3, 0.4) is 0 Å². The molecule has 1 heterocycles. The van der Waals surface area contributed by atoms with Gasteiger partial charge in [-0.1, -0.05) is 24.3 Å². The normalized spacial score (nSPS) is 22.5. The van der Waals surface area contributed by atoms with Crippen LogP contribution in [0.25, 0.3) is 6.20 Å². The monoisotopic (exact) mass is 184 g/mol. The van der Waals surface area contributed by atoms with Crippen LogP contribution in [-0.4, -0.2) is 14.8 Å². The Labute approximate surface area is 81.5 Å². The van der Waals surface area contributed by atoms with E-state index in [2.05, 4.69) is 16.2 Å². The molecule has 2 rings (SSSR count). The zero-order chi connectivity index (χ0) is 9.80. The lowest BCUT2D eigenvalue weighted by molar-refractivity contribution is 0.908. The molecule has 0 aliphatic heterocycles. The summed E-state index contributed by atoms with van der Waals surface area (Å²) < 4.78 is 1.59. The summed E-state index contributed by atoms with van der Waals surface area (Å²) in [6.45, 7) is 0. The fourth-order valence-corrected chi connectivity index (χ4v) is 1.23. The van der Waals surface area contributed by atoms with Crippen LogP contribution < -0.4 is 0 Å². The number of hydrogen-bond donors (Lipinski definition) is 0. The van der Waals surface area contributed by atoms with Crippen LogP contribution in [0, 0.1) is 17.2 Å². The van der Waals surface area contributed by atoms with Crippen molar-refractivity contribution < 1.29 is 0 Å². The van der Waals surface area contributed by atoms with Crippen molar-refractivity contribution in [2.24, 2.45) is 5.92 Å². The maximum atomic E-state index is 8.87. The van der Waals surface area contributed by atoms with E-state index in [9.17, 15) is 0 Å². The fourth-order valence-electron chi connectivity index (χ4n) is 1.23. The molecule has 0 spiro atoms. The van der Waals surface area contributed by atoms with Crippen LogP contribution >= 0.6 is 0 Å². The minimum absolute atomic E-state index is 0.191. The van der Waals surface area contributed by atoms with Gasteiger partial charge in [0.05, 0.1) is 12.0 Å². The molecule has 0 radical (unpaired) electrons. The number of rotatable bonds is 1. The van der Waals surface area contributed by atoms with Gasteiger partial charge in [-0.3, -0.25) is 0 Å². The second-order valence-corrected chi connectivity index (χ2v) is 2.86. The molecule has 1 aliphatic carbocycles.